The predicted octanol–water partition coefficient (Wildman–Crippen LogP) is 3.19. The largest absolute Gasteiger partial charge is 0.506 e. The molecule has 2 N–H and O–H groups in total. The molecule has 0 amide bonds. The number of benzene rings is 1. The van der Waals surface area contributed by atoms with Gasteiger partial charge in [-0.2, -0.15) is 10.3 Å². The van der Waals surface area contributed by atoms with Crippen molar-refractivity contribution in [1.29, 1.82) is 0 Å². The molecule has 0 spiro atoms. The summed E-state index contributed by atoms with van der Waals surface area (Å²) in [5.41, 5.74) is 1.49. The topological polar surface area (TPSA) is 88.1 Å². The zero-order valence-electron chi connectivity index (χ0n) is 10.7. The zero-order valence-corrected chi connectivity index (χ0v) is 13.9. The Labute approximate surface area is 131 Å². The van der Waals surface area contributed by atoms with Crippen LogP contribution in [0.5, 0.6) is 5.75 Å². The fraction of sp³-hybridized carbons (Fsp3) is 0.250. The van der Waals surface area contributed by atoms with Gasteiger partial charge in [0.05, 0.1) is 11.1 Å². The van der Waals surface area contributed by atoms with Crippen LogP contribution in [0.2, 0.25) is 0 Å². The Morgan fingerprint density at radius 2 is 2.15 bits per heavy atom. The Balaban J connectivity index is 2.59. The second kappa shape index (κ2) is 5.92. The molecule has 0 aliphatic rings. The molecule has 1 aromatic carbocycles. The molecular formula is C12H11Br2N3O3. The van der Waals surface area contributed by atoms with Gasteiger partial charge in [-0.15, -0.1) is 5.10 Å². The van der Waals surface area contributed by atoms with Crippen LogP contribution in [0.3, 0.4) is 0 Å². The van der Waals surface area contributed by atoms with Crippen molar-refractivity contribution in [2.24, 2.45) is 0 Å². The van der Waals surface area contributed by atoms with Crippen LogP contribution in [0.15, 0.2) is 15.0 Å². The van der Waals surface area contributed by atoms with Gasteiger partial charge in [-0.3, -0.25) is 0 Å². The van der Waals surface area contributed by atoms with Crippen LogP contribution in [-0.2, 0) is 4.74 Å². The molecule has 20 heavy (non-hydrogen) atoms. The Bertz CT molecular complexity index is 670. The second-order valence-corrected chi connectivity index (χ2v) is 5.58. The highest BCUT2D eigenvalue weighted by Crippen LogP contribution is 2.41. The zero-order chi connectivity index (χ0) is 14.9. The Kier molecular flexibility index (Phi) is 4.44. The summed E-state index contributed by atoms with van der Waals surface area (Å²) in [7, 11) is 0. The van der Waals surface area contributed by atoms with Crippen LogP contribution >= 0.6 is 31.9 Å². The number of hydrogen-bond donors (Lipinski definition) is 2. The maximum atomic E-state index is 11.8. The number of H-pyrrole nitrogens is 1. The molecule has 0 unspecified atom stereocenters. The van der Waals surface area contributed by atoms with E-state index in [0.29, 0.717) is 10.0 Å². The van der Waals surface area contributed by atoms with E-state index in [1.54, 1.807) is 13.0 Å². The minimum atomic E-state index is -0.594. The summed E-state index contributed by atoms with van der Waals surface area (Å²) in [6.45, 7) is 3.78. The van der Waals surface area contributed by atoms with Crippen molar-refractivity contribution in [3.63, 3.8) is 0 Å². The third kappa shape index (κ3) is 2.57. The number of carbonyl (C=O) groups is 1. The number of nitrogens with one attached hydrogen (secondary N) is 1. The van der Waals surface area contributed by atoms with E-state index in [1.807, 2.05) is 6.92 Å². The van der Waals surface area contributed by atoms with Gasteiger partial charge < -0.3 is 9.84 Å². The minimum Gasteiger partial charge on any atom is -0.506 e. The summed E-state index contributed by atoms with van der Waals surface area (Å²) in [5.74, 6) is -0.603. The summed E-state index contributed by atoms with van der Waals surface area (Å²) in [6, 6.07) is 1.68. The van der Waals surface area contributed by atoms with Gasteiger partial charge in [0.25, 0.3) is 0 Å². The number of phenolic OH excluding ortho intramolecular Hbond substituents is 1. The number of rotatable bonds is 3. The lowest BCUT2D eigenvalue weighted by molar-refractivity contribution is 0.0520. The Morgan fingerprint density at radius 3 is 2.80 bits per heavy atom. The summed E-state index contributed by atoms with van der Waals surface area (Å²) in [4.78, 5) is 11.8. The fourth-order valence-corrected chi connectivity index (χ4v) is 2.77. The molecule has 8 heteroatoms. The molecule has 0 saturated heterocycles. The highest BCUT2D eigenvalue weighted by atomic mass is 79.9. The average molecular weight is 405 g/mol. The molecule has 0 saturated carbocycles. The molecule has 0 atom stereocenters. The normalized spacial score (nSPS) is 10.6. The van der Waals surface area contributed by atoms with Crippen molar-refractivity contribution in [2.45, 2.75) is 13.8 Å². The first-order chi connectivity index (χ1) is 9.47. The number of phenols is 1. The van der Waals surface area contributed by atoms with E-state index >= 15 is 0 Å². The molecule has 1 aromatic heterocycles. The highest BCUT2D eigenvalue weighted by Gasteiger charge is 2.23. The third-order valence-electron chi connectivity index (χ3n) is 2.69. The van der Waals surface area contributed by atoms with Crippen molar-refractivity contribution in [3.8, 4) is 17.0 Å². The molecule has 0 radical (unpaired) electrons. The van der Waals surface area contributed by atoms with Gasteiger partial charge in [-0.05, 0) is 41.4 Å². The maximum Gasteiger partial charge on any atom is 0.361 e. The lowest BCUT2D eigenvalue weighted by atomic mass is 10.1. The molecule has 0 bridgehead atoms. The van der Waals surface area contributed by atoms with E-state index in [-0.39, 0.29) is 23.7 Å². The molecule has 2 aromatic rings. The SMILES string of the molecule is CCOC(=O)c1n[nH]nc1-c1cc(Br)c(C)c(Br)c1O. The molecule has 2 rings (SSSR count). The molecule has 0 fully saturated rings. The molecule has 0 aliphatic heterocycles. The van der Waals surface area contributed by atoms with Crippen LogP contribution in [0, 0.1) is 6.92 Å². The molecule has 6 nitrogen and oxygen atoms in total. The predicted molar refractivity (Wildman–Crippen MR) is 79.6 cm³/mol. The number of esters is 1. The van der Waals surface area contributed by atoms with Gasteiger partial charge in [0.15, 0.2) is 5.69 Å². The molecule has 1 heterocycles. The van der Waals surface area contributed by atoms with E-state index in [4.69, 9.17) is 4.74 Å². The Hall–Kier alpha value is -1.41. The molecule has 0 aliphatic carbocycles. The lowest BCUT2D eigenvalue weighted by Crippen LogP contribution is -2.07. The molecular weight excluding hydrogens is 394 g/mol. The number of aromatic hydroxyl groups is 1. The van der Waals surface area contributed by atoms with Crippen LogP contribution in [0.4, 0.5) is 0 Å². The first kappa shape index (κ1) is 15.0. The van der Waals surface area contributed by atoms with E-state index in [1.165, 1.54) is 0 Å². The second-order valence-electron chi connectivity index (χ2n) is 3.93. The lowest BCUT2D eigenvalue weighted by Gasteiger charge is -2.09. The van der Waals surface area contributed by atoms with Crippen molar-refractivity contribution in [2.75, 3.05) is 6.61 Å². The summed E-state index contributed by atoms with van der Waals surface area (Å²) >= 11 is 6.70. The number of nitrogens with zero attached hydrogens (tertiary/aromatic N) is 2. The van der Waals surface area contributed by atoms with E-state index in [9.17, 15) is 9.90 Å². The van der Waals surface area contributed by atoms with E-state index in [2.05, 4.69) is 47.3 Å². The summed E-state index contributed by atoms with van der Waals surface area (Å²) < 4.78 is 6.21. The van der Waals surface area contributed by atoms with Gasteiger partial charge in [0.2, 0.25) is 0 Å². The average Bonchev–Trinajstić information content (AvgIpc) is 2.90. The van der Waals surface area contributed by atoms with Crippen molar-refractivity contribution < 1.29 is 14.6 Å². The van der Waals surface area contributed by atoms with Crippen molar-refractivity contribution in [1.82, 2.24) is 15.4 Å². The Morgan fingerprint density at radius 1 is 1.45 bits per heavy atom. The summed E-state index contributed by atoms with van der Waals surface area (Å²) in [6.07, 6.45) is 0. The van der Waals surface area contributed by atoms with Gasteiger partial charge >= 0.3 is 5.97 Å². The molecule has 106 valence electrons. The monoisotopic (exact) mass is 403 g/mol. The number of aromatic nitrogens is 3. The fourth-order valence-electron chi connectivity index (χ4n) is 1.64. The summed E-state index contributed by atoms with van der Waals surface area (Å²) in [5, 5.41) is 20.3. The smallest absolute Gasteiger partial charge is 0.361 e. The number of ether oxygens (including phenoxy) is 1. The maximum absolute atomic E-state index is 11.8. The van der Waals surface area contributed by atoms with Gasteiger partial charge in [-0.25, -0.2) is 4.79 Å². The van der Waals surface area contributed by atoms with Crippen LogP contribution in [-0.4, -0.2) is 33.1 Å². The number of carbonyl (C=O) groups excluding carboxylic acids is 1. The van der Waals surface area contributed by atoms with Crippen LogP contribution in [0.25, 0.3) is 11.3 Å². The van der Waals surface area contributed by atoms with Gasteiger partial charge in [-0.1, -0.05) is 15.9 Å². The first-order valence-corrected chi connectivity index (χ1v) is 7.31. The first-order valence-electron chi connectivity index (χ1n) is 5.73. The third-order valence-corrected chi connectivity index (χ3v) is 4.49. The van der Waals surface area contributed by atoms with Crippen LogP contribution in [0.1, 0.15) is 23.0 Å². The van der Waals surface area contributed by atoms with Gasteiger partial charge in [0.1, 0.15) is 11.4 Å². The standard InChI is InChI=1S/C12H11Br2N3O3/c1-3-20-12(19)10-9(15-17-16-10)6-4-7(13)5(2)8(14)11(6)18/h4,18H,3H2,1-2H3,(H,15,16,17). The number of aromatic amines is 1. The van der Waals surface area contributed by atoms with E-state index in [0.717, 1.165) is 10.0 Å². The van der Waals surface area contributed by atoms with Crippen molar-refractivity contribution in [3.05, 3.63) is 26.3 Å². The van der Waals surface area contributed by atoms with Crippen molar-refractivity contribution >= 4 is 37.8 Å². The number of hydrogen-bond acceptors (Lipinski definition) is 5. The highest BCUT2D eigenvalue weighted by molar-refractivity contribution is 9.11. The quantitative estimate of drug-likeness (QED) is 0.767. The minimum absolute atomic E-state index is 0.00912. The van der Waals surface area contributed by atoms with Crippen LogP contribution < -0.4 is 0 Å². The van der Waals surface area contributed by atoms with E-state index < -0.39 is 5.97 Å². The van der Waals surface area contributed by atoms with Gasteiger partial charge in [0, 0.05) is 10.0 Å². The number of halogens is 2.